The molecule has 0 aliphatic heterocycles. The van der Waals surface area contributed by atoms with Gasteiger partial charge in [0.1, 0.15) is 0 Å². The minimum absolute atomic E-state index is 0.952. The third kappa shape index (κ3) is 12.2. The van der Waals surface area contributed by atoms with Crippen LogP contribution in [0, 0.1) is 0 Å². The van der Waals surface area contributed by atoms with Crippen LogP contribution in [0.25, 0.3) is 177 Å². The second kappa shape index (κ2) is 27.1. The Bertz CT molecular complexity index is 5520. The molecule has 0 N–H and O–H groups in total. The quantitative estimate of drug-likeness (QED) is 0.114. The van der Waals surface area contributed by atoms with Crippen molar-refractivity contribution < 1.29 is 0 Å². The maximum absolute atomic E-state index is 5.41. The van der Waals surface area contributed by atoms with Crippen LogP contribution < -0.4 is 0 Å². The normalized spacial score (nSPS) is 11.2. The van der Waals surface area contributed by atoms with Crippen molar-refractivity contribution in [2.24, 2.45) is 0 Å². The standard InChI is InChI=1S/2C48H32N2/c1-3-10-33(11-4-1)35-17-23-38(24-18-35)44-30-46-45(39-25-19-37(20-26-39)41-14-9-29-49-32-41)31-47(50-48(46)43-16-8-7-15-42(43)44)40-27-21-36(22-28-40)34-12-5-2-6-13-34;1-3-9-33(10-4-1)35-15-21-39(22-16-35)44-31-46-45(40-23-17-37(18-24-40)38-27-29-49-30-28-38)32-47(50-48(46)43-14-8-7-13-42(43)44)41-25-19-36(20-26-41)34-11-5-2-6-12-34/h2*1-32H. The molecule has 468 valence electrons. The second-order valence-corrected chi connectivity index (χ2v) is 25.2. The van der Waals surface area contributed by atoms with Gasteiger partial charge in [0.2, 0.25) is 0 Å². The molecular weight excluding hydrogens is 1210 g/mol. The monoisotopic (exact) mass is 1270 g/mol. The number of hydrogen-bond donors (Lipinski definition) is 0. The SMILES string of the molecule is c1ccc(-c2ccc(-c3cc(-c4ccc(-c5cccnc5)cc4)c4cc(-c5ccc(-c6ccccc6)cc5)c5ccccc5c4n3)cc2)cc1.c1ccc(-c2ccc(-c3cc(-c4ccc(-c5ccncc5)cc4)c4cc(-c5ccc(-c6ccccc6)cc5)c5ccccc5c4n3)cc2)cc1. The Kier molecular flexibility index (Phi) is 16.4. The van der Waals surface area contributed by atoms with E-state index in [-0.39, 0.29) is 0 Å². The fourth-order valence-electron chi connectivity index (χ4n) is 14.0. The molecule has 4 aromatic heterocycles. The summed E-state index contributed by atoms with van der Waals surface area (Å²) < 4.78 is 0. The van der Waals surface area contributed by atoms with E-state index in [1.165, 1.54) is 77.5 Å². The summed E-state index contributed by atoms with van der Waals surface area (Å²) >= 11 is 0. The van der Waals surface area contributed by atoms with E-state index < -0.39 is 0 Å². The molecule has 14 aromatic carbocycles. The fourth-order valence-corrected chi connectivity index (χ4v) is 14.0. The van der Waals surface area contributed by atoms with Crippen molar-refractivity contribution in [2.75, 3.05) is 0 Å². The molecule has 0 unspecified atom stereocenters. The molecule has 18 rings (SSSR count). The van der Waals surface area contributed by atoms with Crippen LogP contribution in [0.2, 0.25) is 0 Å². The van der Waals surface area contributed by atoms with E-state index in [1.807, 2.05) is 30.9 Å². The van der Waals surface area contributed by atoms with Gasteiger partial charge in [-0.2, -0.15) is 0 Å². The fraction of sp³-hybridized carbons (Fsp3) is 0. The van der Waals surface area contributed by atoms with E-state index in [0.717, 1.165) is 99.6 Å². The van der Waals surface area contributed by atoms with E-state index in [0.29, 0.717) is 0 Å². The summed E-state index contributed by atoms with van der Waals surface area (Å²) in [5, 5.41) is 6.93. The number of pyridine rings is 4. The number of rotatable bonds is 12. The molecule has 0 saturated heterocycles. The lowest BCUT2D eigenvalue weighted by atomic mass is 9.90. The third-order valence-corrected chi connectivity index (χ3v) is 19.2. The van der Waals surface area contributed by atoms with Crippen LogP contribution in [0.15, 0.2) is 389 Å². The van der Waals surface area contributed by atoms with E-state index in [2.05, 4.69) is 368 Å². The topological polar surface area (TPSA) is 51.6 Å². The van der Waals surface area contributed by atoms with Gasteiger partial charge < -0.3 is 0 Å². The van der Waals surface area contributed by atoms with Crippen LogP contribution in [0.5, 0.6) is 0 Å². The Morgan fingerprint density at radius 3 is 0.720 bits per heavy atom. The molecule has 0 bridgehead atoms. The van der Waals surface area contributed by atoms with Gasteiger partial charge in [0.15, 0.2) is 0 Å². The molecule has 4 nitrogen and oxygen atoms in total. The molecule has 0 saturated carbocycles. The molecule has 0 radical (unpaired) electrons. The van der Waals surface area contributed by atoms with Crippen molar-refractivity contribution in [3.05, 3.63) is 389 Å². The van der Waals surface area contributed by atoms with E-state index >= 15 is 0 Å². The lowest BCUT2D eigenvalue weighted by Crippen LogP contribution is -1.93. The molecule has 0 fully saturated rings. The summed E-state index contributed by atoms with van der Waals surface area (Å²) in [6.07, 6.45) is 7.41. The summed E-state index contributed by atoms with van der Waals surface area (Å²) in [4.78, 5) is 19.4. The average molecular weight is 1270 g/mol. The second-order valence-electron chi connectivity index (χ2n) is 25.2. The molecule has 0 amide bonds. The lowest BCUT2D eigenvalue weighted by molar-refractivity contribution is 1.33. The zero-order chi connectivity index (χ0) is 66.6. The zero-order valence-corrected chi connectivity index (χ0v) is 54.7. The largest absolute Gasteiger partial charge is 0.265 e. The summed E-state index contributed by atoms with van der Waals surface area (Å²) in [6, 6.07) is 130. The average Bonchev–Trinajstić information content (AvgIpc) is 0.746. The Hall–Kier alpha value is -13.3. The van der Waals surface area contributed by atoms with Gasteiger partial charge in [-0.25, -0.2) is 9.97 Å². The minimum atomic E-state index is 0.952. The summed E-state index contributed by atoms with van der Waals surface area (Å²) in [5.74, 6) is 0. The molecule has 0 spiro atoms. The molecule has 18 aromatic rings. The van der Waals surface area contributed by atoms with Gasteiger partial charge in [0.25, 0.3) is 0 Å². The Morgan fingerprint density at radius 1 is 0.150 bits per heavy atom. The highest BCUT2D eigenvalue weighted by atomic mass is 14.7. The summed E-state index contributed by atoms with van der Waals surface area (Å²) in [6.45, 7) is 0. The first kappa shape index (κ1) is 60.4. The maximum Gasteiger partial charge on any atom is 0.0794 e. The summed E-state index contributed by atoms with van der Waals surface area (Å²) in [5.41, 5.74) is 29.6. The van der Waals surface area contributed by atoms with Gasteiger partial charge in [-0.15, -0.1) is 0 Å². The third-order valence-electron chi connectivity index (χ3n) is 19.2. The van der Waals surface area contributed by atoms with Crippen molar-refractivity contribution >= 4 is 43.4 Å². The van der Waals surface area contributed by atoms with Gasteiger partial charge in [0, 0.05) is 57.5 Å². The number of aromatic nitrogens is 4. The molecule has 0 aliphatic carbocycles. The molecule has 4 heterocycles. The van der Waals surface area contributed by atoms with Crippen molar-refractivity contribution in [1.29, 1.82) is 0 Å². The van der Waals surface area contributed by atoms with Crippen molar-refractivity contribution in [3.8, 4) is 134 Å². The number of hydrogen-bond acceptors (Lipinski definition) is 4. The predicted molar refractivity (Wildman–Crippen MR) is 419 cm³/mol. The van der Waals surface area contributed by atoms with Crippen molar-refractivity contribution in [1.82, 2.24) is 19.9 Å². The van der Waals surface area contributed by atoms with E-state index in [4.69, 9.17) is 9.97 Å². The first-order valence-corrected chi connectivity index (χ1v) is 34.0. The van der Waals surface area contributed by atoms with E-state index in [9.17, 15) is 0 Å². The zero-order valence-electron chi connectivity index (χ0n) is 54.7. The highest BCUT2D eigenvalue weighted by molar-refractivity contribution is 6.18. The van der Waals surface area contributed by atoms with Gasteiger partial charge >= 0.3 is 0 Å². The van der Waals surface area contributed by atoms with Crippen LogP contribution in [0.1, 0.15) is 0 Å². The van der Waals surface area contributed by atoms with Crippen LogP contribution in [-0.4, -0.2) is 19.9 Å². The van der Waals surface area contributed by atoms with Gasteiger partial charge in [-0.1, -0.05) is 322 Å². The number of fused-ring (bicyclic) bond motifs is 6. The van der Waals surface area contributed by atoms with E-state index in [1.54, 1.807) is 0 Å². The highest BCUT2D eigenvalue weighted by Crippen LogP contribution is 2.44. The van der Waals surface area contributed by atoms with Crippen molar-refractivity contribution in [3.63, 3.8) is 0 Å². The Balaban J connectivity index is 0.000000150. The van der Waals surface area contributed by atoms with Gasteiger partial charge in [0.05, 0.1) is 22.4 Å². The molecular formula is C96H64N4. The lowest BCUT2D eigenvalue weighted by Gasteiger charge is -2.16. The van der Waals surface area contributed by atoms with Crippen LogP contribution in [0.3, 0.4) is 0 Å². The molecule has 4 heteroatoms. The van der Waals surface area contributed by atoms with Crippen molar-refractivity contribution in [2.45, 2.75) is 0 Å². The Morgan fingerprint density at radius 2 is 0.400 bits per heavy atom. The number of benzene rings is 14. The smallest absolute Gasteiger partial charge is 0.0794 e. The van der Waals surface area contributed by atoms with Crippen LogP contribution >= 0.6 is 0 Å². The summed E-state index contributed by atoms with van der Waals surface area (Å²) in [7, 11) is 0. The molecule has 0 aliphatic rings. The maximum atomic E-state index is 5.41. The first-order chi connectivity index (χ1) is 49.6. The highest BCUT2D eigenvalue weighted by Gasteiger charge is 2.20. The van der Waals surface area contributed by atoms with Gasteiger partial charge in [-0.3, -0.25) is 9.97 Å². The van der Waals surface area contributed by atoms with Crippen LogP contribution in [0.4, 0.5) is 0 Å². The Labute approximate surface area is 582 Å². The van der Waals surface area contributed by atoms with Crippen LogP contribution in [-0.2, 0) is 0 Å². The molecule has 100 heavy (non-hydrogen) atoms. The van der Waals surface area contributed by atoms with Gasteiger partial charge in [-0.05, 0) is 165 Å². The molecule has 0 atom stereocenters. The first-order valence-electron chi connectivity index (χ1n) is 34.0. The minimum Gasteiger partial charge on any atom is -0.265 e. The predicted octanol–water partition coefficient (Wildman–Crippen LogP) is 25.6. The number of nitrogens with zero attached hydrogens (tertiary/aromatic N) is 4.